The molecule has 6 heteroatoms. The van der Waals surface area contributed by atoms with Gasteiger partial charge in [0, 0.05) is 18.3 Å². The summed E-state index contributed by atoms with van der Waals surface area (Å²) in [6.45, 7) is 5.12. The summed E-state index contributed by atoms with van der Waals surface area (Å²) in [6.07, 6.45) is 3.82. The number of hydrogen-bond acceptors (Lipinski definition) is 5. The molecule has 86 valence electrons. The van der Waals surface area contributed by atoms with Crippen LogP contribution < -0.4 is 4.74 Å². The quantitative estimate of drug-likeness (QED) is 0.766. The van der Waals surface area contributed by atoms with Crippen molar-refractivity contribution < 1.29 is 9.26 Å². The summed E-state index contributed by atoms with van der Waals surface area (Å²) in [6, 6.07) is 1.86. The molecule has 2 aromatic heterocycles. The lowest BCUT2D eigenvalue weighted by Crippen LogP contribution is -2.08. The number of hydrogen-bond donors (Lipinski definition) is 0. The topological polar surface area (TPSA) is 66.0 Å². The van der Waals surface area contributed by atoms with Crippen LogP contribution in [-0.2, 0) is 6.54 Å². The number of nitrogens with zero attached hydrogens (tertiary/aromatic N) is 4. The average molecular weight is 222 g/mol. The molecule has 0 saturated carbocycles. The number of rotatable bonds is 5. The maximum Gasteiger partial charge on any atom is 0.417 e. The molecular formula is C10H14N4O2. The van der Waals surface area contributed by atoms with E-state index < -0.39 is 0 Å². The summed E-state index contributed by atoms with van der Waals surface area (Å²) in [5.41, 5.74) is 0. The molecule has 0 amide bonds. The summed E-state index contributed by atoms with van der Waals surface area (Å²) < 4.78 is 12.0. The largest absolute Gasteiger partial charge is 0.447 e. The Bertz CT molecular complexity index is 422. The van der Waals surface area contributed by atoms with Gasteiger partial charge in [0.15, 0.2) is 5.82 Å². The monoisotopic (exact) mass is 222 g/mol. The Morgan fingerprint density at radius 2 is 2.38 bits per heavy atom. The van der Waals surface area contributed by atoms with Gasteiger partial charge < -0.3 is 4.74 Å². The van der Waals surface area contributed by atoms with E-state index in [9.17, 15) is 0 Å². The van der Waals surface area contributed by atoms with E-state index in [0.717, 1.165) is 0 Å². The molecule has 0 fully saturated rings. The SMILES string of the molecule is CC(C)c1noc(OCCn2cccn2)n1. The van der Waals surface area contributed by atoms with Gasteiger partial charge in [-0.3, -0.25) is 9.20 Å². The van der Waals surface area contributed by atoms with Gasteiger partial charge in [0.2, 0.25) is 0 Å². The average Bonchev–Trinajstić information content (AvgIpc) is 2.87. The lowest BCUT2D eigenvalue weighted by molar-refractivity contribution is 0.193. The van der Waals surface area contributed by atoms with Crippen LogP contribution in [0.1, 0.15) is 25.6 Å². The lowest BCUT2D eigenvalue weighted by atomic mass is 10.2. The molecule has 2 heterocycles. The third kappa shape index (κ3) is 2.59. The molecule has 0 N–H and O–H groups in total. The van der Waals surface area contributed by atoms with Crippen molar-refractivity contribution in [2.24, 2.45) is 0 Å². The minimum atomic E-state index is 0.218. The Morgan fingerprint density at radius 1 is 1.50 bits per heavy atom. The van der Waals surface area contributed by atoms with Gasteiger partial charge in [-0.2, -0.15) is 10.1 Å². The fourth-order valence-corrected chi connectivity index (χ4v) is 1.17. The first-order chi connectivity index (χ1) is 7.75. The molecule has 0 bridgehead atoms. The molecule has 16 heavy (non-hydrogen) atoms. The highest BCUT2D eigenvalue weighted by atomic mass is 16.6. The molecule has 6 nitrogen and oxygen atoms in total. The second-order valence-electron chi connectivity index (χ2n) is 3.69. The van der Waals surface area contributed by atoms with Crippen LogP contribution in [0.3, 0.4) is 0 Å². The van der Waals surface area contributed by atoms with E-state index >= 15 is 0 Å². The minimum absolute atomic E-state index is 0.218. The molecule has 0 aliphatic heterocycles. The normalized spacial score (nSPS) is 10.9. The summed E-state index contributed by atoms with van der Waals surface area (Å²) in [5, 5.41) is 7.85. The maximum atomic E-state index is 5.31. The number of aromatic nitrogens is 4. The fourth-order valence-electron chi connectivity index (χ4n) is 1.17. The molecule has 0 aliphatic carbocycles. The van der Waals surface area contributed by atoms with Gasteiger partial charge in [0.25, 0.3) is 0 Å². The predicted octanol–water partition coefficient (Wildman–Crippen LogP) is 1.47. The third-order valence-corrected chi connectivity index (χ3v) is 2.04. The molecular weight excluding hydrogens is 208 g/mol. The minimum Gasteiger partial charge on any atom is -0.447 e. The van der Waals surface area contributed by atoms with Gasteiger partial charge in [-0.05, 0) is 6.07 Å². The Hall–Kier alpha value is -1.85. The van der Waals surface area contributed by atoms with Crippen molar-refractivity contribution in [3.63, 3.8) is 0 Å². The predicted molar refractivity (Wildman–Crippen MR) is 56.1 cm³/mol. The molecule has 2 rings (SSSR count). The van der Waals surface area contributed by atoms with E-state index in [0.29, 0.717) is 19.0 Å². The molecule has 0 aromatic carbocycles. The van der Waals surface area contributed by atoms with Crippen LogP contribution in [0, 0.1) is 0 Å². The van der Waals surface area contributed by atoms with E-state index in [-0.39, 0.29) is 12.0 Å². The van der Waals surface area contributed by atoms with Crippen molar-refractivity contribution in [3.05, 3.63) is 24.3 Å². The second-order valence-corrected chi connectivity index (χ2v) is 3.69. The van der Waals surface area contributed by atoms with Crippen molar-refractivity contribution in [1.82, 2.24) is 19.9 Å². The van der Waals surface area contributed by atoms with Gasteiger partial charge in [0.1, 0.15) is 6.61 Å². The zero-order valence-corrected chi connectivity index (χ0v) is 9.33. The molecule has 0 saturated heterocycles. The third-order valence-electron chi connectivity index (χ3n) is 2.04. The molecule has 0 aliphatic rings. The van der Waals surface area contributed by atoms with E-state index in [1.54, 1.807) is 10.9 Å². The summed E-state index contributed by atoms with van der Waals surface area (Å²) in [7, 11) is 0. The standard InChI is InChI=1S/C10H14N4O2/c1-8(2)9-12-10(16-13-9)15-7-6-14-5-3-4-11-14/h3-5,8H,6-7H2,1-2H3. The number of ether oxygens (including phenoxy) is 1. The highest BCUT2D eigenvalue weighted by molar-refractivity contribution is 4.94. The Balaban J connectivity index is 1.81. The van der Waals surface area contributed by atoms with Gasteiger partial charge in [0.05, 0.1) is 6.54 Å². The highest BCUT2D eigenvalue weighted by Crippen LogP contribution is 2.13. The lowest BCUT2D eigenvalue weighted by Gasteiger charge is -2.00. The Labute approximate surface area is 93.2 Å². The Morgan fingerprint density at radius 3 is 3.00 bits per heavy atom. The summed E-state index contributed by atoms with van der Waals surface area (Å²) in [5.74, 6) is 0.904. The first-order valence-corrected chi connectivity index (χ1v) is 5.19. The maximum absolute atomic E-state index is 5.31. The van der Waals surface area contributed by atoms with Crippen LogP contribution in [0.25, 0.3) is 0 Å². The van der Waals surface area contributed by atoms with Gasteiger partial charge in [-0.25, -0.2) is 0 Å². The van der Waals surface area contributed by atoms with Crippen molar-refractivity contribution >= 4 is 0 Å². The van der Waals surface area contributed by atoms with Crippen LogP contribution >= 0.6 is 0 Å². The van der Waals surface area contributed by atoms with Crippen LogP contribution in [0.4, 0.5) is 0 Å². The highest BCUT2D eigenvalue weighted by Gasteiger charge is 2.09. The van der Waals surface area contributed by atoms with Gasteiger partial charge in [-0.15, -0.1) is 0 Å². The van der Waals surface area contributed by atoms with Crippen molar-refractivity contribution in [2.75, 3.05) is 6.61 Å². The van der Waals surface area contributed by atoms with Crippen LogP contribution in [0.5, 0.6) is 6.08 Å². The van der Waals surface area contributed by atoms with Gasteiger partial charge in [-0.1, -0.05) is 19.0 Å². The molecule has 0 radical (unpaired) electrons. The van der Waals surface area contributed by atoms with Gasteiger partial charge >= 0.3 is 6.08 Å². The molecule has 0 atom stereocenters. The van der Waals surface area contributed by atoms with Crippen LogP contribution in [-0.4, -0.2) is 26.5 Å². The van der Waals surface area contributed by atoms with E-state index in [1.165, 1.54) is 0 Å². The van der Waals surface area contributed by atoms with E-state index in [4.69, 9.17) is 9.26 Å². The first kappa shape index (κ1) is 10.7. The van der Waals surface area contributed by atoms with Crippen LogP contribution in [0.2, 0.25) is 0 Å². The van der Waals surface area contributed by atoms with Crippen molar-refractivity contribution in [3.8, 4) is 6.08 Å². The first-order valence-electron chi connectivity index (χ1n) is 5.19. The van der Waals surface area contributed by atoms with Crippen molar-refractivity contribution in [1.29, 1.82) is 0 Å². The van der Waals surface area contributed by atoms with E-state index in [2.05, 4.69) is 15.2 Å². The second kappa shape index (κ2) is 4.78. The Kier molecular flexibility index (Phi) is 3.19. The van der Waals surface area contributed by atoms with Crippen molar-refractivity contribution in [2.45, 2.75) is 26.3 Å². The molecule has 2 aromatic rings. The summed E-state index contributed by atoms with van der Waals surface area (Å²) in [4.78, 5) is 4.10. The summed E-state index contributed by atoms with van der Waals surface area (Å²) >= 11 is 0. The zero-order chi connectivity index (χ0) is 11.4. The molecule has 0 spiro atoms. The van der Waals surface area contributed by atoms with E-state index in [1.807, 2.05) is 26.1 Å². The zero-order valence-electron chi connectivity index (χ0n) is 9.33. The molecule has 0 unspecified atom stereocenters. The fraction of sp³-hybridized carbons (Fsp3) is 0.500. The van der Waals surface area contributed by atoms with Crippen LogP contribution in [0.15, 0.2) is 23.0 Å². The smallest absolute Gasteiger partial charge is 0.417 e.